The van der Waals surface area contributed by atoms with Gasteiger partial charge in [0.25, 0.3) is 0 Å². The highest BCUT2D eigenvalue weighted by atomic mass is 16.6. The first kappa shape index (κ1) is 18.6. The van der Waals surface area contributed by atoms with Gasteiger partial charge >= 0.3 is 5.69 Å². The van der Waals surface area contributed by atoms with E-state index in [9.17, 15) is 20.1 Å². The van der Waals surface area contributed by atoms with Crippen LogP contribution in [0.2, 0.25) is 0 Å². The molecule has 3 aromatic rings. The molecule has 0 bridgehead atoms. The SMILES string of the molecule is O=c1nc2c(ncn2[C@H]2O[C@@H](CO)[C@@H](O)[C@@H]2O)c(NCCc2ccccc2)[nH]1. The topological polar surface area (TPSA) is 146 Å². The van der Waals surface area contributed by atoms with Crippen LogP contribution in [0.1, 0.15) is 11.8 Å². The fourth-order valence-corrected chi connectivity index (χ4v) is 3.33. The van der Waals surface area contributed by atoms with Gasteiger partial charge in [0, 0.05) is 6.54 Å². The first-order valence-corrected chi connectivity index (χ1v) is 8.95. The van der Waals surface area contributed by atoms with Crippen molar-refractivity contribution in [2.75, 3.05) is 18.5 Å². The number of imidazole rings is 1. The van der Waals surface area contributed by atoms with Crippen molar-refractivity contribution in [3.05, 3.63) is 52.7 Å². The molecule has 3 heterocycles. The number of aromatic amines is 1. The normalized spacial score (nSPS) is 24.7. The summed E-state index contributed by atoms with van der Waals surface area (Å²) < 4.78 is 6.89. The first-order valence-electron chi connectivity index (χ1n) is 8.95. The number of aromatic nitrogens is 4. The highest BCUT2D eigenvalue weighted by Crippen LogP contribution is 2.31. The van der Waals surface area contributed by atoms with Gasteiger partial charge in [0.05, 0.1) is 12.9 Å². The predicted octanol–water partition coefficient (Wildman–Crippen LogP) is -0.614. The Bertz CT molecular complexity index is 1000. The monoisotopic (exact) mass is 387 g/mol. The maximum atomic E-state index is 12.0. The van der Waals surface area contributed by atoms with E-state index in [-0.39, 0.29) is 5.65 Å². The van der Waals surface area contributed by atoms with Gasteiger partial charge in [0.1, 0.15) is 29.6 Å². The van der Waals surface area contributed by atoms with E-state index in [2.05, 4.69) is 20.3 Å². The Morgan fingerprint density at radius 3 is 2.71 bits per heavy atom. The lowest BCUT2D eigenvalue weighted by Gasteiger charge is -2.16. The molecular formula is C18H21N5O5. The summed E-state index contributed by atoms with van der Waals surface area (Å²) in [6.07, 6.45) is -2.34. The minimum absolute atomic E-state index is 0.209. The molecule has 1 aromatic carbocycles. The van der Waals surface area contributed by atoms with E-state index in [4.69, 9.17) is 4.74 Å². The van der Waals surface area contributed by atoms with Crippen LogP contribution in [-0.4, -0.2) is 66.3 Å². The number of anilines is 1. The quantitative estimate of drug-likeness (QED) is 0.376. The van der Waals surface area contributed by atoms with Gasteiger partial charge in [-0.05, 0) is 12.0 Å². The lowest BCUT2D eigenvalue weighted by molar-refractivity contribution is -0.0511. The molecular weight excluding hydrogens is 366 g/mol. The molecule has 4 rings (SSSR count). The molecule has 148 valence electrons. The summed E-state index contributed by atoms with van der Waals surface area (Å²) in [5.41, 5.74) is 1.19. The lowest BCUT2D eigenvalue weighted by Crippen LogP contribution is -2.33. The maximum Gasteiger partial charge on any atom is 0.348 e. The zero-order valence-corrected chi connectivity index (χ0v) is 14.9. The Balaban J connectivity index is 1.59. The predicted molar refractivity (Wildman–Crippen MR) is 99.8 cm³/mol. The van der Waals surface area contributed by atoms with Crippen molar-refractivity contribution in [2.24, 2.45) is 0 Å². The highest BCUT2D eigenvalue weighted by molar-refractivity contribution is 5.82. The molecule has 0 saturated carbocycles. The molecule has 10 nitrogen and oxygen atoms in total. The summed E-state index contributed by atoms with van der Waals surface area (Å²) >= 11 is 0. The molecule has 0 radical (unpaired) electrons. The van der Waals surface area contributed by atoms with Crippen molar-refractivity contribution in [3.8, 4) is 0 Å². The number of benzene rings is 1. The lowest BCUT2D eigenvalue weighted by atomic mass is 10.1. The molecule has 1 aliphatic heterocycles. The molecule has 0 aliphatic carbocycles. The molecule has 1 fully saturated rings. The van der Waals surface area contributed by atoms with Crippen molar-refractivity contribution >= 4 is 17.0 Å². The third-order valence-electron chi connectivity index (χ3n) is 4.79. The highest BCUT2D eigenvalue weighted by Gasteiger charge is 2.44. The molecule has 1 aliphatic rings. The molecule has 4 atom stereocenters. The van der Waals surface area contributed by atoms with Crippen LogP contribution in [0.25, 0.3) is 11.2 Å². The van der Waals surface area contributed by atoms with E-state index in [1.165, 1.54) is 10.9 Å². The molecule has 28 heavy (non-hydrogen) atoms. The molecule has 1 saturated heterocycles. The summed E-state index contributed by atoms with van der Waals surface area (Å²) in [6.45, 7) is 0.126. The van der Waals surface area contributed by atoms with Gasteiger partial charge in [-0.3, -0.25) is 9.55 Å². The number of H-pyrrole nitrogens is 1. The first-order chi connectivity index (χ1) is 13.6. The standard InChI is InChI=1S/C18H21N5O5/c24-8-11-13(25)14(26)17(28-11)23-9-20-12-15(21-18(27)22-16(12)23)19-7-6-10-4-2-1-3-5-10/h1-5,9,11,13-14,17,24-26H,6-8H2,(H2,19,21,22,27)/t11-,13+,14-,17-/m0/s1. The van der Waals surface area contributed by atoms with E-state index >= 15 is 0 Å². The minimum atomic E-state index is -1.29. The molecule has 0 amide bonds. The maximum absolute atomic E-state index is 12.0. The van der Waals surface area contributed by atoms with Crippen molar-refractivity contribution in [1.29, 1.82) is 0 Å². The van der Waals surface area contributed by atoms with Crippen molar-refractivity contribution in [3.63, 3.8) is 0 Å². The molecule has 0 unspecified atom stereocenters. The Morgan fingerprint density at radius 2 is 2.00 bits per heavy atom. The van der Waals surface area contributed by atoms with Gasteiger partial charge in [-0.15, -0.1) is 0 Å². The van der Waals surface area contributed by atoms with Crippen LogP contribution < -0.4 is 11.0 Å². The van der Waals surface area contributed by atoms with Crippen molar-refractivity contribution in [1.82, 2.24) is 19.5 Å². The Morgan fingerprint density at radius 1 is 1.21 bits per heavy atom. The number of aliphatic hydroxyl groups is 3. The zero-order valence-electron chi connectivity index (χ0n) is 14.9. The van der Waals surface area contributed by atoms with Gasteiger partial charge in [0.2, 0.25) is 0 Å². The van der Waals surface area contributed by atoms with Gasteiger partial charge < -0.3 is 25.4 Å². The van der Waals surface area contributed by atoms with E-state index in [0.717, 1.165) is 12.0 Å². The number of rotatable bonds is 6. The largest absolute Gasteiger partial charge is 0.394 e. The van der Waals surface area contributed by atoms with Crippen LogP contribution in [-0.2, 0) is 11.2 Å². The second-order valence-electron chi connectivity index (χ2n) is 6.63. The van der Waals surface area contributed by atoms with Crippen LogP contribution in [0.5, 0.6) is 0 Å². The van der Waals surface area contributed by atoms with E-state index < -0.39 is 36.8 Å². The van der Waals surface area contributed by atoms with Crippen LogP contribution in [0.4, 0.5) is 5.82 Å². The smallest absolute Gasteiger partial charge is 0.348 e. The Kier molecular flexibility index (Phi) is 5.09. The summed E-state index contributed by atoms with van der Waals surface area (Å²) in [6, 6.07) is 9.91. The molecule has 10 heteroatoms. The number of nitrogens with one attached hydrogen (secondary N) is 2. The van der Waals surface area contributed by atoms with Crippen molar-refractivity contribution < 1.29 is 20.1 Å². The third-order valence-corrected chi connectivity index (χ3v) is 4.79. The number of aliphatic hydroxyl groups excluding tert-OH is 3. The Hall–Kier alpha value is -2.79. The van der Waals surface area contributed by atoms with Gasteiger partial charge in [-0.1, -0.05) is 30.3 Å². The molecule has 5 N–H and O–H groups in total. The average molecular weight is 387 g/mol. The number of fused-ring (bicyclic) bond motifs is 1. The molecule has 0 spiro atoms. The van der Waals surface area contributed by atoms with Crippen LogP contribution in [0.15, 0.2) is 41.5 Å². The number of hydrogen-bond donors (Lipinski definition) is 5. The summed E-state index contributed by atoms with van der Waals surface area (Å²) in [4.78, 5) is 22.9. The fourth-order valence-electron chi connectivity index (χ4n) is 3.33. The van der Waals surface area contributed by atoms with Crippen LogP contribution in [0, 0.1) is 0 Å². The average Bonchev–Trinajstić information content (AvgIpc) is 3.24. The van der Waals surface area contributed by atoms with E-state index in [1.54, 1.807) is 0 Å². The third kappa shape index (κ3) is 3.38. The number of hydrogen-bond acceptors (Lipinski definition) is 8. The minimum Gasteiger partial charge on any atom is -0.394 e. The van der Waals surface area contributed by atoms with Crippen LogP contribution in [0.3, 0.4) is 0 Å². The second-order valence-corrected chi connectivity index (χ2v) is 6.63. The molecule has 2 aromatic heterocycles. The second kappa shape index (κ2) is 7.68. The van der Waals surface area contributed by atoms with Gasteiger partial charge in [-0.2, -0.15) is 4.98 Å². The van der Waals surface area contributed by atoms with Gasteiger partial charge in [0.15, 0.2) is 11.9 Å². The summed E-state index contributed by atoms with van der Waals surface area (Å²) in [5, 5.41) is 32.6. The van der Waals surface area contributed by atoms with E-state index in [1.807, 2.05) is 30.3 Å². The summed E-state index contributed by atoms with van der Waals surface area (Å²) in [5.74, 6) is 0.413. The number of nitrogens with zero attached hydrogens (tertiary/aromatic N) is 3. The Labute approximate surface area is 159 Å². The van der Waals surface area contributed by atoms with E-state index in [0.29, 0.717) is 17.9 Å². The number of ether oxygens (including phenoxy) is 1. The van der Waals surface area contributed by atoms with Crippen LogP contribution >= 0.6 is 0 Å². The van der Waals surface area contributed by atoms with Crippen molar-refractivity contribution in [2.45, 2.75) is 31.0 Å². The zero-order chi connectivity index (χ0) is 19.7. The van der Waals surface area contributed by atoms with Gasteiger partial charge in [-0.25, -0.2) is 9.78 Å². The summed E-state index contributed by atoms with van der Waals surface area (Å²) in [7, 11) is 0. The fraction of sp³-hybridized carbons (Fsp3) is 0.389.